The number of H-pyrrole nitrogens is 2. The van der Waals surface area contributed by atoms with E-state index < -0.39 is 5.97 Å². The SMILES string of the molecule is O=C(O)c1cc2cc(Br)ccc2[nH]1.O=C(c1cc2cc(Br)ccc2[nH]1)N1CCOCC1. The molecule has 3 heterocycles. The van der Waals surface area contributed by atoms with Gasteiger partial charge in [0.15, 0.2) is 0 Å². The van der Waals surface area contributed by atoms with E-state index in [9.17, 15) is 9.59 Å². The quantitative estimate of drug-likeness (QED) is 0.327. The van der Waals surface area contributed by atoms with Crippen molar-refractivity contribution in [1.29, 1.82) is 0 Å². The number of nitrogens with one attached hydrogen (secondary N) is 2. The molecule has 0 radical (unpaired) electrons. The van der Waals surface area contributed by atoms with E-state index in [1.54, 1.807) is 6.07 Å². The second kappa shape index (κ2) is 9.25. The molecule has 4 aromatic rings. The number of hydrogen-bond donors (Lipinski definition) is 3. The third-order valence-electron chi connectivity index (χ3n) is 4.92. The Morgan fingerprint density at radius 3 is 1.90 bits per heavy atom. The fourth-order valence-electron chi connectivity index (χ4n) is 3.37. The van der Waals surface area contributed by atoms with Gasteiger partial charge in [-0.15, -0.1) is 0 Å². The van der Waals surface area contributed by atoms with Gasteiger partial charge in [-0.1, -0.05) is 31.9 Å². The number of halogens is 2. The largest absolute Gasteiger partial charge is 0.477 e. The lowest BCUT2D eigenvalue weighted by molar-refractivity contribution is 0.0299. The Morgan fingerprint density at radius 2 is 1.35 bits per heavy atom. The number of carboxylic acids is 1. The van der Waals surface area contributed by atoms with Crippen molar-refractivity contribution in [1.82, 2.24) is 14.9 Å². The molecule has 0 saturated carbocycles. The molecule has 2 aromatic heterocycles. The number of rotatable bonds is 2. The number of carbonyl (C=O) groups is 2. The second-order valence-corrected chi connectivity index (χ2v) is 8.87. The predicted molar refractivity (Wildman–Crippen MR) is 126 cm³/mol. The van der Waals surface area contributed by atoms with Crippen LogP contribution in [0, 0.1) is 0 Å². The molecule has 160 valence electrons. The zero-order valence-corrected chi connectivity index (χ0v) is 19.5. The molecule has 5 rings (SSSR count). The highest BCUT2D eigenvalue weighted by atomic mass is 79.9. The Hall–Kier alpha value is -2.62. The molecule has 1 aliphatic heterocycles. The van der Waals surface area contributed by atoms with Crippen molar-refractivity contribution < 1.29 is 19.4 Å². The molecule has 0 aliphatic carbocycles. The van der Waals surface area contributed by atoms with E-state index in [4.69, 9.17) is 9.84 Å². The topological polar surface area (TPSA) is 98.4 Å². The summed E-state index contributed by atoms with van der Waals surface area (Å²) in [6.07, 6.45) is 0. The maximum absolute atomic E-state index is 12.3. The standard InChI is InChI=1S/C13H13BrN2O2.C9H6BrNO2/c14-10-1-2-11-9(7-10)8-12(15-11)13(17)16-3-5-18-6-4-16;10-6-1-2-7-5(3-6)4-8(11-7)9(12)13/h1-2,7-8,15H,3-6H2;1-4,11H,(H,12,13). The van der Waals surface area contributed by atoms with E-state index >= 15 is 0 Å². The number of fused-ring (bicyclic) bond motifs is 2. The van der Waals surface area contributed by atoms with Gasteiger partial charge in [0.2, 0.25) is 0 Å². The van der Waals surface area contributed by atoms with Crippen LogP contribution < -0.4 is 0 Å². The molecular weight excluding hydrogens is 530 g/mol. The predicted octanol–water partition coefficient (Wildman–Crippen LogP) is 5.03. The fraction of sp³-hybridized carbons (Fsp3) is 0.182. The van der Waals surface area contributed by atoms with E-state index in [0.29, 0.717) is 32.0 Å². The highest BCUT2D eigenvalue weighted by Crippen LogP contribution is 2.22. The molecule has 2 aromatic carbocycles. The van der Waals surface area contributed by atoms with Crippen LogP contribution in [0.4, 0.5) is 0 Å². The minimum Gasteiger partial charge on any atom is -0.477 e. The monoisotopic (exact) mass is 547 g/mol. The second-order valence-electron chi connectivity index (χ2n) is 7.04. The van der Waals surface area contributed by atoms with Crippen molar-refractivity contribution in [2.75, 3.05) is 26.3 Å². The minimum absolute atomic E-state index is 0.0469. The first kappa shape index (κ1) is 21.6. The first-order valence-electron chi connectivity index (χ1n) is 9.57. The summed E-state index contributed by atoms with van der Waals surface area (Å²) in [5, 5.41) is 10.6. The highest BCUT2D eigenvalue weighted by molar-refractivity contribution is 9.10. The Labute approximate surface area is 194 Å². The Kier molecular flexibility index (Phi) is 6.45. The molecule has 1 fully saturated rings. The Balaban J connectivity index is 0.000000158. The molecule has 1 saturated heterocycles. The van der Waals surface area contributed by atoms with Crippen LogP contribution in [0.5, 0.6) is 0 Å². The van der Waals surface area contributed by atoms with Gasteiger partial charge in [-0.2, -0.15) is 0 Å². The molecule has 0 atom stereocenters. The molecule has 1 amide bonds. The summed E-state index contributed by atoms with van der Waals surface area (Å²) in [6, 6.07) is 15.0. The number of aromatic carboxylic acids is 1. The summed E-state index contributed by atoms with van der Waals surface area (Å²) in [5.41, 5.74) is 2.67. The number of benzene rings is 2. The number of ether oxygens (including phenoxy) is 1. The molecule has 0 unspecified atom stereocenters. The van der Waals surface area contributed by atoms with Crippen LogP contribution in [0.1, 0.15) is 21.0 Å². The van der Waals surface area contributed by atoms with Gasteiger partial charge in [0.25, 0.3) is 5.91 Å². The lowest BCUT2D eigenvalue weighted by Crippen LogP contribution is -2.40. The Morgan fingerprint density at radius 1 is 0.839 bits per heavy atom. The molecule has 1 aliphatic rings. The smallest absolute Gasteiger partial charge is 0.352 e. The number of aromatic nitrogens is 2. The summed E-state index contributed by atoms with van der Waals surface area (Å²) in [7, 11) is 0. The average Bonchev–Trinajstić information content (AvgIpc) is 3.38. The molecule has 0 spiro atoms. The van der Waals surface area contributed by atoms with Crippen molar-refractivity contribution in [3.63, 3.8) is 0 Å². The van der Waals surface area contributed by atoms with E-state index in [0.717, 1.165) is 30.8 Å². The van der Waals surface area contributed by atoms with Gasteiger partial charge in [0.05, 0.1) is 13.2 Å². The van der Waals surface area contributed by atoms with Crippen LogP contribution in [-0.4, -0.2) is 58.2 Å². The van der Waals surface area contributed by atoms with Gasteiger partial charge in [-0.05, 0) is 48.5 Å². The molecule has 7 nitrogen and oxygen atoms in total. The third kappa shape index (κ3) is 5.00. The van der Waals surface area contributed by atoms with Crippen molar-refractivity contribution in [3.8, 4) is 0 Å². The molecule has 9 heteroatoms. The average molecular weight is 549 g/mol. The zero-order valence-electron chi connectivity index (χ0n) is 16.3. The molecule has 3 N–H and O–H groups in total. The van der Waals surface area contributed by atoms with Gasteiger partial charge >= 0.3 is 5.97 Å². The van der Waals surface area contributed by atoms with Crippen molar-refractivity contribution >= 4 is 65.5 Å². The lowest BCUT2D eigenvalue weighted by atomic mass is 10.2. The normalized spacial score (nSPS) is 13.8. The number of nitrogens with zero attached hydrogens (tertiary/aromatic N) is 1. The van der Waals surface area contributed by atoms with Crippen molar-refractivity contribution in [3.05, 3.63) is 68.9 Å². The summed E-state index contributed by atoms with van der Waals surface area (Å²) in [5.74, 6) is -0.891. The van der Waals surface area contributed by atoms with Crippen LogP contribution >= 0.6 is 31.9 Å². The number of hydrogen-bond acceptors (Lipinski definition) is 3. The first-order valence-corrected chi connectivity index (χ1v) is 11.2. The van der Waals surface area contributed by atoms with Gasteiger partial charge in [-0.3, -0.25) is 4.79 Å². The van der Waals surface area contributed by atoms with E-state index in [1.165, 1.54) is 0 Å². The molecule has 31 heavy (non-hydrogen) atoms. The number of carbonyl (C=O) groups excluding carboxylic acids is 1. The lowest BCUT2D eigenvalue weighted by Gasteiger charge is -2.26. The van der Waals surface area contributed by atoms with Crippen LogP contribution in [0.3, 0.4) is 0 Å². The number of amides is 1. The maximum atomic E-state index is 12.3. The van der Waals surface area contributed by atoms with Gasteiger partial charge in [0.1, 0.15) is 11.4 Å². The van der Waals surface area contributed by atoms with Crippen LogP contribution in [0.25, 0.3) is 21.8 Å². The Bertz CT molecular complexity index is 1260. The summed E-state index contributed by atoms with van der Waals surface area (Å²) >= 11 is 6.75. The van der Waals surface area contributed by atoms with Crippen molar-refractivity contribution in [2.24, 2.45) is 0 Å². The number of morpholine rings is 1. The zero-order chi connectivity index (χ0) is 22.0. The fourth-order valence-corrected chi connectivity index (χ4v) is 4.13. The van der Waals surface area contributed by atoms with Gasteiger partial charge in [-0.25, -0.2) is 4.79 Å². The van der Waals surface area contributed by atoms with Crippen molar-refractivity contribution in [2.45, 2.75) is 0 Å². The van der Waals surface area contributed by atoms with E-state index in [1.807, 2.05) is 47.4 Å². The van der Waals surface area contributed by atoms with E-state index in [-0.39, 0.29) is 11.6 Å². The van der Waals surface area contributed by atoms with E-state index in [2.05, 4.69) is 41.8 Å². The van der Waals surface area contributed by atoms with Gasteiger partial charge in [0, 0.05) is 43.8 Å². The number of carboxylic acid groups (broad SMARTS) is 1. The van der Waals surface area contributed by atoms with Crippen LogP contribution in [0.15, 0.2) is 57.5 Å². The summed E-state index contributed by atoms with van der Waals surface area (Å²) in [4.78, 5) is 30.7. The molecular formula is C22H19Br2N3O4. The summed E-state index contributed by atoms with van der Waals surface area (Å²) < 4.78 is 7.20. The van der Waals surface area contributed by atoms with Crippen LogP contribution in [0.2, 0.25) is 0 Å². The molecule has 0 bridgehead atoms. The maximum Gasteiger partial charge on any atom is 0.352 e. The highest BCUT2D eigenvalue weighted by Gasteiger charge is 2.20. The van der Waals surface area contributed by atoms with Gasteiger partial charge < -0.3 is 24.7 Å². The van der Waals surface area contributed by atoms with Crippen LogP contribution in [-0.2, 0) is 4.74 Å². The minimum atomic E-state index is -0.938. The number of aromatic amines is 2. The third-order valence-corrected chi connectivity index (χ3v) is 5.91. The summed E-state index contributed by atoms with van der Waals surface area (Å²) in [6.45, 7) is 2.57. The first-order chi connectivity index (χ1) is 14.9.